The number of carbonyl (C=O) groups excluding carboxylic acids is 1. The van der Waals surface area contributed by atoms with Crippen LogP contribution < -0.4 is 10.6 Å². The van der Waals surface area contributed by atoms with Crippen LogP contribution in [0.5, 0.6) is 0 Å². The molecule has 1 unspecified atom stereocenters. The van der Waals surface area contributed by atoms with Crippen molar-refractivity contribution in [2.45, 2.75) is 40.2 Å². The van der Waals surface area contributed by atoms with Crippen molar-refractivity contribution in [2.24, 2.45) is 11.3 Å². The lowest BCUT2D eigenvalue weighted by Gasteiger charge is -2.27. The molecule has 18 heavy (non-hydrogen) atoms. The van der Waals surface area contributed by atoms with Gasteiger partial charge in [0.25, 0.3) is 0 Å². The summed E-state index contributed by atoms with van der Waals surface area (Å²) < 4.78 is 0. The molecule has 106 valence electrons. The SMILES string of the molecule is CC(CNC(=O)NCC[C@H](O)C(=O)O)C(C)(C)C. The highest BCUT2D eigenvalue weighted by Crippen LogP contribution is 2.24. The van der Waals surface area contributed by atoms with Crippen LogP contribution >= 0.6 is 0 Å². The number of nitrogens with one attached hydrogen (secondary N) is 2. The van der Waals surface area contributed by atoms with Gasteiger partial charge < -0.3 is 20.8 Å². The van der Waals surface area contributed by atoms with E-state index in [9.17, 15) is 9.59 Å². The molecule has 0 aliphatic carbocycles. The molecule has 6 heteroatoms. The zero-order valence-electron chi connectivity index (χ0n) is 11.5. The number of carboxylic acid groups (broad SMARTS) is 1. The van der Waals surface area contributed by atoms with Crippen LogP contribution in [0, 0.1) is 11.3 Å². The summed E-state index contributed by atoms with van der Waals surface area (Å²) in [6.07, 6.45) is -1.43. The normalized spacial score (nSPS) is 14.7. The average Bonchev–Trinajstić information content (AvgIpc) is 2.24. The van der Waals surface area contributed by atoms with Gasteiger partial charge in [-0.2, -0.15) is 0 Å². The van der Waals surface area contributed by atoms with Gasteiger partial charge in [0.05, 0.1) is 0 Å². The maximum Gasteiger partial charge on any atom is 0.332 e. The summed E-state index contributed by atoms with van der Waals surface area (Å²) in [6, 6.07) is -0.344. The van der Waals surface area contributed by atoms with Crippen molar-refractivity contribution < 1.29 is 19.8 Å². The predicted molar refractivity (Wildman–Crippen MR) is 68.3 cm³/mol. The Morgan fingerprint density at radius 2 is 1.78 bits per heavy atom. The van der Waals surface area contributed by atoms with Crippen LogP contribution in [0.4, 0.5) is 4.79 Å². The molecule has 0 aromatic carbocycles. The first-order valence-corrected chi connectivity index (χ1v) is 6.07. The van der Waals surface area contributed by atoms with Crippen molar-refractivity contribution in [3.63, 3.8) is 0 Å². The summed E-state index contributed by atoms with van der Waals surface area (Å²) in [5, 5.41) is 22.6. The Morgan fingerprint density at radius 3 is 2.22 bits per heavy atom. The summed E-state index contributed by atoms with van der Waals surface area (Å²) >= 11 is 0. The average molecular weight is 260 g/mol. The largest absolute Gasteiger partial charge is 0.479 e. The van der Waals surface area contributed by atoms with E-state index >= 15 is 0 Å². The van der Waals surface area contributed by atoms with Crippen molar-refractivity contribution >= 4 is 12.0 Å². The van der Waals surface area contributed by atoms with Gasteiger partial charge in [-0.1, -0.05) is 27.7 Å². The highest BCUT2D eigenvalue weighted by atomic mass is 16.4. The van der Waals surface area contributed by atoms with Gasteiger partial charge in [0.2, 0.25) is 0 Å². The lowest BCUT2D eigenvalue weighted by molar-refractivity contribution is -0.146. The fourth-order valence-corrected chi connectivity index (χ4v) is 1.06. The van der Waals surface area contributed by atoms with Crippen molar-refractivity contribution in [3.05, 3.63) is 0 Å². The molecule has 0 aliphatic heterocycles. The van der Waals surface area contributed by atoms with Gasteiger partial charge in [-0.15, -0.1) is 0 Å². The quantitative estimate of drug-likeness (QED) is 0.568. The van der Waals surface area contributed by atoms with E-state index < -0.39 is 12.1 Å². The summed E-state index contributed by atoms with van der Waals surface area (Å²) in [7, 11) is 0. The number of amides is 2. The zero-order valence-corrected chi connectivity index (χ0v) is 11.5. The van der Waals surface area contributed by atoms with E-state index in [-0.39, 0.29) is 24.4 Å². The van der Waals surface area contributed by atoms with E-state index in [1.165, 1.54) is 0 Å². The number of aliphatic hydroxyl groups is 1. The van der Waals surface area contributed by atoms with Crippen LogP contribution in [0.15, 0.2) is 0 Å². The van der Waals surface area contributed by atoms with Gasteiger partial charge >= 0.3 is 12.0 Å². The van der Waals surface area contributed by atoms with E-state index in [1.54, 1.807) is 0 Å². The summed E-state index contributed by atoms with van der Waals surface area (Å²) in [6.45, 7) is 9.02. The zero-order chi connectivity index (χ0) is 14.3. The van der Waals surface area contributed by atoms with E-state index in [0.717, 1.165) is 0 Å². The molecule has 0 aromatic heterocycles. The highest BCUT2D eigenvalue weighted by molar-refractivity contribution is 5.74. The molecular weight excluding hydrogens is 236 g/mol. The molecule has 0 rings (SSSR count). The Morgan fingerprint density at radius 1 is 1.22 bits per heavy atom. The molecule has 0 bridgehead atoms. The Bertz CT molecular complexity index is 286. The van der Waals surface area contributed by atoms with E-state index in [0.29, 0.717) is 12.5 Å². The number of hydrogen-bond donors (Lipinski definition) is 4. The van der Waals surface area contributed by atoms with Gasteiger partial charge in [-0.25, -0.2) is 9.59 Å². The second-order valence-corrected chi connectivity index (χ2v) is 5.55. The van der Waals surface area contributed by atoms with Crippen molar-refractivity contribution in [1.29, 1.82) is 0 Å². The monoisotopic (exact) mass is 260 g/mol. The summed E-state index contributed by atoms with van der Waals surface area (Å²) in [5.41, 5.74) is 0.118. The smallest absolute Gasteiger partial charge is 0.332 e. The summed E-state index contributed by atoms with van der Waals surface area (Å²) in [4.78, 5) is 21.7. The predicted octanol–water partition coefficient (Wildman–Crippen LogP) is 0.803. The molecular formula is C12H24N2O4. The van der Waals surface area contributed by atoms with Crippen LogP contribution in [-0.4, -0.2) is 41.4 Å². The number of urea groups is 1. The second-order valence-electron chi connectivity index (χ2n) is 5.55. The third-order valence-electron chi connectivity index (χ3n) is 3.04. The van der Waals surface area contributed by atoms with E-state index in [4.69, 9.17) is 10.2 Å². The topological polar surface area (TPSA) is 98.7 Å². The molecule has 0 fully saturated rings. The minimum atomic E-state index is -1.43. The highest BCUT2D eigenvalue weighted by Gasteiger charge is 2.20. The van der Waals surface area contributed by atoms with Gasteiger partial charge in [0.15, 0.2) is 6.10 Å². The maximum atomic E-state index is 11.4. The Hall–Kier alpha value is -1.30. The van der Waals surface area contributed by atoms with Gasteiger partial charge in [-0.05, 0) is 11.3 Å². The third-order valence-corrected chi connectivity index (χ3v) is 3.04. The van der Waals surface area contributed by atoms with Gasteiger partial charge in [-0.3, -0.25) is 0 Å². The van der Waals surface area contributed by atoms with Crippen LogP contribution in [0.1, 0.15) is 34.1 Å². The van der Waals surface area contributed by atoms with Gasteiger partial charge in [0, 0.05) is 19.5 Å². The van der Waals surface area contributed by atoms with Crippen LogP contribution in [0.2, 0.25) is 0 Å². The van der Waals surface area contributed by atoms with Crippen molar-refractivity contribution in [2.75, 3.05) is 13.1 Å². The maximum absolute atomic E-state index is 11.4. The molecule has 0 spiro atoms. The molecule has 0 heterocycles. The molecule has 0 saturated heterocycles. The first-order valence-electron chi connectivity index (χ1n) is 6.07. The standard InChI is InChI=1S/C12H24N2O4/c1-8(12(2,3)4)7-14-11(18)13-6-5-9(15)10(16)17/h8-9,15H,5-7H2,1-4H3,(H,16,17)(H2,13,14,18)/t8?,9-/m0/s1. The first kappa shape index (κ1) is 16.7. The lowest BCUT2D eigenvalue weighted by Crippen LogP contribution is -2.41. The molecule has 0 aromatic rings. The van der Waals surface area contributed by atoms with Gasteiger partial charge in [0.1, 0.15) is 0 Å². The van der Waals surface area contributed by atoms with E-state index in [1.807, 2.05) is 0 Å². The molecule has 0 radical (unpaired) electrons. The molecule has 2 amide bonds. The Labute approximate surface area is 108 Å². The van der Waals surface area contributed by atoms with Crippen LogP contribution in [0.3, 0.4) is 0 Å². The molecule has 2 atom stereocenters. The Balaban J connectivity index is 3.76. The van der Waals surface area contributed by atoms with Crippen LogP contribution in [-0.2, 0) is 4.79 Å². The minimum Gasteiger partial charge on any atom is -0.479 e. The molecule has 0 aliphatic rings. The number of carbonyl (C=O) groups is 2. The lowest BCUT2D eigenvalue weighted by atomic mass is 9.82. The van der Waals surface area contributed by atoms with E-state index in [2.05, 4.69) is 38.3 Å². The first-order chi connectivity index (χ1) is 8.14. The van der Waals surface area contributed by atoms with Crippen molar-refractivity contribution in [1.82, 2.24) is 10.6 Å². The summed E-state index contributed by atoms with van der Waals surface area (Å²) in [5.74, 6) is -0.952. The Kier molecular flexibility index (Phi) is 6.68. The van der Waals surface area contributed by atoms with Crippen LogP contribution in [0.25, 0.3) is 0 Å². The second kappa shape index (κ2) is 7.20. The molecule has 0 saturated carbocycles. The van der Waals surface area contributed by atoms with Crippen molar-refractivity contribution in [3.8, 4) is 0 Å². The fourth-order valence-electron chi connectivity index (χ4n) is 1.06. The minimum absolute atomic E-state index is 0.00240. The molecule has 4 N–H and O–H groups in total. The number of aliphatic carboxylic acids is 1. The third kappa shape index (κ3) is 7.11. The number of aliphatic hydroxyl groups excluding tert-OH is 1. The number of hydrogen-bond acceptors (Lipinski definition) is 3. The molecule has 6 nitrogen and oxygen atoms in total. The number of carboxylic acids is 1. The number of rotatable bonds is 6. The fraction of sp³-hybridized carbons (Fsp3) is 0.833.